The van der Waals surface area contributed by atoms with E-state index >= 15 is 0 Å². The second kappa shape index (κ2) is 8.07. The van der Waals surface area contributed by atoms with Crippen LogP contribution < -0.4 is 21.1 Å². The molecule has 0 atom stereocenters. The second-order valence-electron chi connectivity index (χ2n) is 6.88. The van der Waals surface area contributed by atoms with Crippen molar-refractivity contribution in [3.05, 3.63) is 55.3 Å². The monoisotopic (exact) mass is 394 g/mol. The van der Waals surface area contributed by atoms with Crippen LogP contribution in [0.4, 0.5) is 10.6 Å². The Balaban J connectivity index is 1.62. The molecule has 0 saturated heterocycles. The zero-order valence-electron chi connectivity index (χ0n) is 16.4. The lowest BCUT2D eigenvalue weighted by molar-refractivity contribution is 0.253. The standard InChI is InChI=1S/C19H22N8O2/c1-12(19(2,3)20)24-18(28)25-15-6-5-14(10-22-15)29-16-7-8-21-17(26-16)13-9-23-27(4)11-13/h5-11H,1,20H2,2-4H3,(H2,22,24,25,28). The van der Waals surface area contributed by atoms with E-state index in [9.17, 15) is 4.79 Å². The topological polar surface area (TPSA) is 133 Å². The molecule has 0 bridgehead atoms. The Morgan fingerprint density at radius 1 is 1.24 bits per heavy atom. The number of pyridine rings is 1. The van der Waals surface area contributed by atoms with Crippen molar-refractivity contribution in [2.24, 2.45) is 12.8 Å². The first-order valence-corrected chi connectivity index (χ1v) is 8.73. The van der Waals surface area contributed by atoms with Crippen LogP contribution in [0.15, 0.2) is 55.3 Å². The third kappa shape index (κ3) is 5.36. The minimum atomic E-state index is -0.728. The first kappa shape index (κ1) is 20.0. The maximum atomic E-state index is 12.0. The molecule has 150 valence electrons. The number of carbonyl (C=O) groups is 1. The largest absolute Gasteiger partial charge is 0.437 e. The molecule has 0 unspecified atom stereocenters. The van der Waals surface area contributed by atoms with Gasteiger partial charge in [-0.2, -0.15) is 10.1 Å². The number of amides is 2. The van der Waals surface area contributed by atoms with Gasteiger partial charge in [0, 0.05) is 36.7 Å². The minimum absolute atomic E-state index is 0.344. The number of nitrogens with one attached hydrogen (secondary N) is 2. The van der Waals surface area contributed by atoms with Crippen molar-refractivity contribution in [1.82, 2.24) is 30.0 Å². The molecule has 3 aromatic rings. The van der Waals surface area contributed by atoms with Gasteiger partial charge >= 0.3 is 6.03 Å². The van der Waals surface area contributed by atoms with Crippen LogP contribution in [0.3, 0.4) is 0 Å². The Labute approximate surface area is 167 Å². The number of ether oxygens (including phenoxy) is 1. The molecule has 4 N–H and O–H groups in total. The fourth-order valence-electron chi connectivity index (χ4n) is 2.16. The van der Waals surface area contributed by atoms with Crippen LogP contribution in [0.1, 0.15) is 13.8 Å². The number of rotatable bonds is 6. The van der Waals surface area contributed by atoms with E-state index in [-0.39, 0.29) is 0 Å². The van der Waals surface area contributed by atoms with Crippen molar-refractivity contribution < 1.29 is 9.53 Å². The van der Waals surface area contributed by atoms with Crippen LogP contribution in [0, 0.1) is 0 Å². The van der Waals surface area contributed by atoms with Gasteiger partial charge < -0.3 is 15.8 Å². The van der Waals surface area contributed by atoms with E-state index < -0.39 is 11.6 Å². The highest BCUT2D eigenvalue weighted by Crippen LogP contribution is 2.22. The first-order valence-electron chi connectivity index (χ1n) is 8.73. The van der Waals surface area contributed by atoms with Crippen molar-refractivity contribution in [2.45, 2.75) is 19.4 Å². The van der Waals surface area contributed by atoms with E-state index in [2.05, 4.69) is 37.3 Å². The highest BCUT2D eigenvalue weighted by Gasteiger charge is 2.17. The average molecular weight is 394 g/mol. The van der Waals surface area contributed by atoms with Gasteiger partial charge in [-0.1, -0.05) is 6.58 Å². The Morgan fingerprint density at radius 2 is 2.03 bits per heavy atom. The van der Waals surface area contributed by atoms with Crippen LogP contribution in [0.2, 0.25) is 0 Å². The molecule has 10 nitrogen and oxygen atoms in total. The molecule has 0 aromatic carbocycles. The number of hydrogen-bond acceptors (Lipinski definition) is 7. The fraction of sp³-hybridized carbons (Fsp3) is 0.211. The number of nitrogens with zero attached hydrogens (tertiary/aromatic N) is 5. The Morgan fingerprint density at radius 3 is 2.66 bits per heavy atom. The molecular formula is C19H22N8O2. The molecule has 0 aliphatic rings. The third-order valence-electron chi connectivity index (χ3n) is 3.84. The molecule has 0 saturated carbocycles. The van der Waals surface area contributed by atoms with Crippen LogP contribution >= 0.6 is 0 Å². The molecule has 3 rings (SSSR count). The van der Waals surface area contributed by atoms with E-state index in [0.717, 1.165) is 5.56 Å². The maximum Gasteiger partial charge on any atom is 0.324 e. The summed E-state index contributed by atoms with van der Waals surface area (Å²) >= 11 is 0. The lowest BCUT2D eigenvalue weighted by atomic mass is 10.0. The first-order chi connectivity index (χ1) is 13.7. The van der Waals surface area contributed by atoms with Crippen LogP contribution in [-0.2, 0) is 7.05 Å². The Hall–Kier alpha value is -3.79. The van der Waals surface area contributed by atoms with Crippen molar-refractivity contribution in [3.8, 4) is 23.0 Å². The van der Waals surface area contributed by atoms with E-state index in [0.29, 0.717) is 29.0 Å². The minimum Gasteiger partial charge on any atom is -0.437 e. The zero-order valence-corrected chi connectivity index (χ0v) is 16.4. The van der Waals surface area contributed by atoms with Crippen LogP contribution in [0.25, 0.3) is 11.4 Å². The molecule has 29 heavy (non-hydrogen) atoms. The Kier molecular flexibility index (Phi) is 5.55. The third-order valence-corrected chi connectivity index (χ3v) is 3.84. The Bertz CT molecular complexity index is 1020. The van der Waals surface area contributed by atoms with Gasteiger partial charge in [0.15, 0.2) is 5.82 Å². The summed E-state index contributed by atoms with van der Waals surface area (Å²) in [6.07, 6.45) is 6.56. The van der Waals surface area contributed by atoms with Gasteiger partial charge in [-0.05, 0) is 26.0 Å². The maximum absolute atomic E-state index is 12.0. The molecule has 0 fully saturated rings. The predicted octanol–water partition coefficient (Wildman–Crippen LogP) is 2.44. The van der Waals surface area contributed by atoms with Gasteiger partial charge in [0.25, 0.3) is 0 Å². The molecule has 2 amide bonds. The summed E-state index contributed by atoms with van der Waals surface area (Å²) in [4.78, 5) is 24.7. The molecule has 0 aliphatic carbocycles. The SMILES string of the molecule is C=C(NC(=O)Nc1ccc(Oc2ccnc(-c3cnn(C)c3)n2)cn1)C(C)(C)N. The number of urea groups is 1. The number of anilines is 1. The van der Waals surface area contributed by atoms with Gasteiger partial charge in [-0.3, -0.25) is 10.00 Å². The summed E-state index contributed by atoms with van der Waals surface area (Å²) in [6, 6.07) is 4.43. The van der Waals surface area contributed by atoms with Crippen LogP contribution in [-0.4, -0.2) is 36.3 Å². The van der Waals surface area contributed by atoms with E-state index in [4.69, 9.17) is 10.5 Å². The smallest absolute Gasteiger partial charge is 0.324 e. The molecular weight excluding hydrogens is 372 g/mol. The summed E-state index contributed by atoms with van der Waals surface area (Å²) in [6.45, 7) is 7.23. The molecule has 3 aromatic heterocycles. The zero-order chi connectivity index (χ0) is 21.0. The van der Waals surface area contributed by atoms with Crippen molar-refractivity contribution in [1.29, 1.82) is 0 Å². The van der Waals surface area contributed by atoms with Gasteiger partial charge in [0.1, 0.15) is 11.6 Å². The lowest BCUT2D eigenvalue weighted by Gasteiger charge is -2.22. The van der Waals surface area contributed by atoms with E-state index in [1.165, 1.54) is 6.20 Å². The summed E-state index contributed by atoms with van der Waals surface area (Å²) in [5.41, 5.74) is 6.32. The van der Waals surface area contributed by atoms with Gasteiger partial charge in [-0.25, -0.2) is 14.8 Å². The number of aryl methyl sites for hydroxylation is 1. The van der Waals surface area contributed by atoms with E-state index in [1.807, 2.05) is 13.2 Å². The molecule has 0 aliphatic heterocycles. The summed E-state index contributed by atoms with van der Waals surface area (Å²) < 4.78 is 7.39. The summed E-state index contributed by atoms with van der Waals surface area (Å²) in [7, 11) is 1.82. The van der Waals surface area contributed by atoms with Crippen molar-refractivity contribution in [3.63, 3.8) is 0 Å². The fourth-order valence-corrected chi connectivity index (χ4v) is 2.16. The van der Waals surface area contributed by atoms with Gasteiger partial charge in [0.05, 0.1) is 18.0 Å². The number of nitrogens with two attached hydrogens (primary N) is 1. The summed E-state index contributed by atoms with van der Waals surface area (Å²) in [5.74, 6) is 1.66. The van der Waals surface area contributed by atoms with Crippen LogP contribution in [0.5, 0.6) is 11.6 Å². The van der Waals surface area contributed by atoms with E-state index in [1.54, 1.807) is 49.1 Å². The number of carbonyl (C=O) groups excluding carboxylic acids is 1. The molecule has 0 spiro atoms. The van der Waals surface area contributed by atoms with Crippen molar-refractivity contribution >= 4 is 11.8 Å². The molecule has 10 heteroatoms. The second-order valence-corrected chi connectivity index (χ2v) is 6.88. The number of aromatic nitrogens is 5. The molecule has 3 heterocycles. The number of hydrogen-bond donors (Lipinski definition) is 3. The predicted molar refractivity (Wildman–Crippen MR) is 108 cm³/mol. The van der Waals surface area contributed by atoms with Gasteiger partial charge in [0.2, 0.25) is 5.88 Å². The summed E-state index contributed by atoms with van der Waals surface area (Å²) in [5, 5.41) is 9.29. The normalized spacial score (nSPS) is 11.0. The molecule has 0 radical (unpaired) electrons. The average Bonchev–Trinajstić information content (AvgIpc) is 3.09. The highest BCUT2D eigenvalue weighted by molar-refractivity contribution is 5.89. The lowest BCUT2D eigenvalue weighted by Crippen LogP contribution is -2.43. The highest BCUT2D eigenvalue weighted by atomic mass is 16.5. The van der Waals surface area contributed by atoms with Gasteiger partial charge in [-0.15, -0.1) is 0 Å². The van der Waals surface area contributed by atoms with Crippen molar-refractivity contribution in [2.75, 3.05) is 5.32 Å². The quantitative estimate of drug-likeness (QED) is 0.585.